The van der Waals surface area contributed by atoms with Crippen LogP contribution in [0.2, 0.25) is 0 Å². The number of ether oxygens (including phenoxy) is 1. The highest BCUT2D eigenvalue weighted by Crippen LogP contribution is 2.29. The van der Waals surface area contributed by atoms with E-state index in [1.165, 1.54) is 0 Å². The SMILES string of the molecule is CCOc1ccccc1-c1nnc(C(N)CC)o1. The summed E-state index contributed by atoms with van der Waals surface area (Å²) in [5.74, 6) is 1.64. The van der Waals surface area contributed by atoms with Gasteiger partial charge in [-0.3, -0.25) is 0 Å². The smallest absolute Gasteiger partial charge is 0.251 e. The van der Waals surface area contributed by atoms with Gasteiger partial charge in [-0.05, 0) is 25.5 Å². The van der Waals surface area contributed by atoms with E-state index in [4.69, 9.17) is 14.9 Å². The van der Waals surface area contributed by atoms with Crippen molar-refractivity contribution < 1.29 is 9.15 Å². The third-order valence-electron chi connectivity index (χ3n) is 2.61. The first-order chi connectivity index (χ1) is 8.76. The van der Waals surface area contributed by atoms with Crippen molar-refractivity contribution in [2.45, 2.75) is 26.3 Å². The fraction of sp³-hybridized carbons (Fsp3) is 0.385. The zero-order chi connectivity index (χ0) is 13.0. The molecule has 0 amide bonds. The Hall–Kier alpha value is -1.88. The van der Waals surface area contributed by atoms with E-state index in [9.17, 15) is 0 Å². The molecule has 0 bridgehead atoms. The monoisotopic (exact) mass is 247 g/mol. The summed E-state index contributed by atoms with van der Waals surface area (Å²) >= 11 is 0. The molecule has 1 atom stereocenters. The molecule has 0 aliphatic carbocycles. The summed E-state index contributed by atoms with van der Waals surface area (Å²) in [5, 5.41) is 7.99. The van der Waals surface area contributed by atoms with Gasteiger partial charge in [-0.1, -0.05) is 19.1 Å². The van der Waals surface area contributed by atoms with E-state index in [0.29, 0.717) is 18.4 Å². The van der Waals surface area contributed by atoms with Crippen LogP contribution in [-0.2, 0) is 0 Å². The van der Waals surface area contributed by atoms with Crippen molar-refractivity contribution in [3.8, 4) is 17.2 Å². The van der Waals surface area contributed by atoms with Crippen molar-refractivity contribution in [3.05, 3.63) is 30.2 Å². The van der Waals surface area contributed by atoms with Gasteiger partial charge in [0, 0.05) is 0 Å². The van der Waals surface area contributed by atoms with Gasteiger partial charge in [0.15, 0.2) is 0 Å². The molecule has 0 aliphatic heterocycles. The highest BCUT2D eigenvalue weighted by Gasteiger charge is 2.16. The lowest BCUT2D eigenvalue weighted by Crippen LogP contribution is -2.08. The van der Waals surface area contributed by atoms with Crippen molar-refractivity contribution >= 4 is 0 Å². The van der Waals surface area contributed by atoms with Gasteiger partial charge in [0.05, 0.1) is 18.2 Å². The molecule has 0 saturated heterocycles. The summed E-state index contributed by atoms with van der Waals surface area (Å²) in [4.78, 5) is 0. The summed E-state index contributed by atoms with van der Waals surface area (Å²) < 4.78 is 11.1. The van der Waals surface area contributed by atoms with Crippen LogP contribution < -0.4 is 10.5 Å². The normalized spacial score (nSPS) is 12.4. The zero-order valence-corrected chi connectivity index (χ0v) is 10.6. The molecular formula is C13H17N3O2. The molecular weight excluding hydrogens is 230 g/mol. The van der Waals surface area contributed by atoms with Crippen molar-refractivity contribution in [2.24, 2.45) is 5.73 Å². The van der Waals surface area contributed by atoms with Crippen LogP contribution in [0.15, 0.2) is 28.7 Å². The van der Waals surface area contributed by atoms with Crippen molar-refractivity contribution in [2.75, 3.05) is 6.61 Å². The summed E-state index contributed by atoms with van der Waals surface area (Å²) in [7, 11) is 0. The Balaban J connectivity index is 2.33. The first-order valence-corrected chi connectivity index (χ1v) is 6.07. The molecule has 1 unspecified atom stereocenters. The molecule has 1 aromatic heterocycles. The minimum atomic E-state index is -0.217. The number of para-hydroxylation sites is 1. The molecule has 0 saturated carbocycles. The fourth-order valence-electron chi connectivity index (χ4n) is 1.59. The largest absolute Gasteiger partial charge is 0.493 e. The van der Waals surface area contributed by atoms with E-state index in [1.54, 1.807) is 0 Å². The molecule has 2 aromatic rings. The second-order valence-electron chi connectivity index (χ2n) is 3.89. The van der Waals surface area contributed by atoms with E-state index < -0.39 is 0 Å². The van der Waals surface area contributed by atoms with Crippen LogP contribution in [0.1, 0.15) is 32.2 Å². The Morgan fingerprint density at radius 2 is 2.06 bits per heavy atom. The van der Waals surface area contributed by atoms with E-state index >= 15 is 0 Å². The topological polar surface area (TPSA) is 74.2 Å². The summed E-state index contributed by atoms with van der Waals surface area (Å²) in [6, 6.07) is 7.36. The first-order valence-electron chi connectivity index (χ1n) is 6.07. The average Bonchev–Trinajstić information content (AvgIpc) is 2.88. The molecule has 2 N–H and O–H groups in total. The Morgan fingerprint density at radius 1 is 1.28 bits per heavy atom. The predicted molar refractivity (Wildman–Crippen MR) is 68.1 cm³/mol. The molecule has 0 radical (unpaired) electrons. The lowest BCUT2D eigenvalue weighted by Gasteiger charge is -2.06. The molecule has 0 spiro atoms. The highest BCUT2D eigenvalue weighted by molar-refractivity contribution is 5.62. The van der Waals surface area contributed by atoms with Gasteiger partial charge < -0.3 is 14.9 Å². The minimum absolute atomic E-state index is 0.217. The molecule has 1 heterocycles. The van der Waals surface area contributed by atoms with Crippen LogP contribution in [0.4, 0.5) is 0 Å². The fourth-order valence-corrected chi connectivity index (χ4v) is 1.59. The first kappa shape index (κ1) is 12.6. The highest BCUT2D eigenvalue weighted by atomic mass is 16.5. The summed E-state index contributed by atoms with van der Waals surface area (Å²) in [5.41, 5.74) is 6.65. The van der Waals surface area contributed by atoms with Gasteiger partial charge >= 0.3 is 0 Å². The second-order valence-corrected chi connectivity index (χ2v) is 3.89. The predicted octanol–water partition coefficient (Wildman–Crippen LogP) is 2.55. The number of hydrogen-bond acceptors (Lipinski definition) is 5. The maximum atomic E-state index is 5.85. The second kappa shape index (κ2) is 5.64. The van der Waals surface area contributed by atoms with Gasteiger partial charge in [-0.25, -0.2) is 0 Å². The molecule has 0 aliphatic rings. The van der Waals surface area contributed by atoms with Gasteiger partial charge in [-0.2, -0.15) is 0 Å². The maximum Gasteiger partial charge on any atom is 0.251 e. The molecule has 5 heteroatoms. The molecule has 2 rings (SSSR count). The van der Waals surface area contributed by atoms with Gasteiger partial charge in [0.2, 0.25) is 5.89 Å². The van der Waals surface area contributed by atoms with Crippen LogP contribution in [0, 0.1) is 0 Å². The lowest BCUT2D eigenvalue weighted by atomic mass is 10.2. The van der Waals surface area contributed by atoms with Crippen molar-refractivity contribution in [3.63, 3.8) is 0 Å². The summed E-state index contributed by atoms with van der Waals surface area (Å²) in [6.07, 6.45) is 0.759. The maximum absolute atomic E-state index is 5.85. The lowest BCUT2D eigenvalue weighted by molar-refractivity contribution is 0.340. The number of nitrogens with zero attached hydrogens (tertiary/aromatic N) is 2. The molecule has 18 heavy (non-hydrogen) atoms. The molecule has 96 valence electrons. The summed E-state index contributed by atoms with van der Waals surface area (Å²) in [6.45, 7) is 4.50. The van der Waals surface area contributed by atoms with Crippen molar-refractivity contribution in [1.29, 1.82) is 0 Å². The number of benzene rings is 1. The van der Waals surface area contributed by atoms with Gasteiger partial charge in [0.1, 0.15) is 5.75 Å². The van der Waals surface area contributed by atoms with Crippen LogP contribution in [-0.4, -0.2) is 16.8 Å². The molecule has 0 fully saturated rings. The van der Waals surface area contributed by atoms with E-state index in [1.807, 2.05) is 38.1 Å². The number of rotatable bonds is 5. The average molecular weight is 247 g/mol. The molecule has 5 nitrogen and oxygen atoms in total. The zero-order valence-electron chi connectivity index (χ0n) is 10.6. The third kappa shape index (κ3) is 2.51. The Labute approximate surface area is 106 Å². The van der Waals surface area contributed by atoms with E-state index in [0.717, 1.165) is 17.7 Å². The molecule has 1 aromatic carbocycles. The van der Waals surface area contributed by atoms with Crippen LogP contribution in [0.3, 0.4) is 0 Å². The van der Waals surface area contributed by atoms with Gasteiger partial charge in [0.25, 0.3) is 5.89 Å². The van der Waals surface area contributed by atoms with Crippen molar-refractivity contribution in [1.82, 2.24) is 10.2 Å². The Kier molecular flexibility index (Phi) is 3.94. The number of aromatic nitrogens is 2. The van der Waals surface area contributed by atoms with E-state index in [2.05, 4.69) is 10.2 Å². The Bertz CT molecular complexity index is 510. The number of nitrogens with two attached hydrogens (primary N) is 1. The Morgan fingerprint density at radius 3 is 2.78 bits per heavy atom. The number of hydrogen-bond donors (Lipinski definition) is 1. The minimum Gasteiger partial charge on any atom is -0.493 e. The van der Waals surface area contributed by atoms with Gasteiger partial charge in [-0.15, -0.1) is 10.2 Å². The van der Waals surface area contributed by atoms with Crippen LogP contribution in [0.5, 0.6) is 5.75 Å². The third-order valence-corrected chi connectivity index (χ3v) is 2.61. The quantitative estimate of drug-likeness (QED) is 0.878. The van der Waals surface area contributed by atoms with Crippen LogP contribution >= 0.6 is 0 Å². The van der Waals surface area contributed by atoms with E-state index in [-0.39, 0.29) is 6.04 Å². The standard InChI is InChI=1S/C13H17N3O2/c1-3-10(14)13-16-15-12(18-13)9-7-5-6-8-11(9)17-4-2/h5-8,10H,3-4,14H2,1-2H3. The van der Waals surface area contributed by atoms with Crippen LogP contribution in [0.25, 0.3) is 11.5 Å².